The van der Waals surface area contributed by atoms with Crippen LogP contribution in [0.1, 0.15) is 23.2 Å². The number of nitro benzene ring substituents is 1. The average Bonchev–Trinajstić information content (AvgIpc) is 2.38. The molecule has 0 atom stereocenters. The van der Waals surface area contributed by atoms with Gasteiger partial charge in [-0.3, -0.25) is 14.9 Å². The lowest BCUT2D eigenvalue weighted by Gasteiger charge is -2.30. The van der Waals surface area contributed by atoms with Gasteiger partial charge < -0.3 is 10.6 Å². The van der Waals surface area contributed by atoms with E-state index >= 15 is 0 Å². The maximum Gasteiger partial charge on any atom is 0.282 e. The molecule has 6 nitrogen and oxygen atoms in total. The van der Waals surface area contributed by atoms with Crippen LogP contribution in [0.15, 0.2) is 18.2 Å². The predicted octanol–water partition coefficient (Wildman–Crippen LogP) is 2.23. The molecule has 0 bridgehead atoms. The molecule has 20 heavy (non-hydrogen) atoms. The van der Waals surface area contributed by atoms with Crippen LogP contribution in [0.5, 0.6) is 0 Å². The zero-order chi connectivity index (χ0) is 14.0. The van der Waals surface area contributed by atoms with Gasteiger partial charge in [-0.2, -0.15) is 0 Å². The van der Waals surface area contributed by atoms with Crippen LogP contribution in [0.25, 0.3) is 0 Å². The minimum Gasteiger partial charge on any atom is -0.338 e. The molecule has 1 amide bonds. The Bertz CT molecular complexity index is 517. The lowest BCUT2D eigenvalue weighted by Crippen LogP contribution is -2.43. The first-order valence-corrected chi connectivity index (χ1v) is 6.35. The van der Waals surface area contributed by atoms with E-state index in [4.69, 9.17) is 17.3 Å². The van der Waals surface area contributed by atoms with Crippen LogP contribution in [0.4, 0.5) is 5.69 Å². The topological polar surface area (TPSA) is 89.5 Å². The quantitative estimate of drug-likeness (QED) is 0.668. The first kappa shape index (κ1) is 16.7. The summed E-state index contributed by atoms with van der Waals surface area (Å²) in [6.07, 6.45) is 1.42. The number of carbonyl (C=O) groups excluding carboxylic acids is 1. The van der Waals surface area contributed by atoms with Gasteiger partial charge in [-0.15, -0.1) is 12.4 Å². The largest absolute Gasteiger partial charge is 0.338 e. The van der Waals surface area contributed by atoms with Gasteiger partial charge in [0.25, 0.3) is 11.6 Å². The van der Waals surface area contributed by atoms with E-state index in [1.165, 1.54) is 18.2 Å². The fourth-order valence-corrected chi connectivity index (χ4v) is 2.28. The Morgan fingerprint density at radius 2 is 2.00 bits per heavy atom. The third-order valence-corrected chi connectivity index (χ3v) is 3.45. The maximum atomic E-state index is 12.3. The number of nitrogens with zero attached hydrogens (tertiary/aromatic N) is 2. The molecule has 0 unspecified atom stereocenters. The van der Waals surface area contributed by atoms with Gasteiger partial charge in [0, 0.05) is 30.2 Å². The van der Waals surface area contributed by atoms with Crippen molar-refractivity contribution in [2.24, 2.45) is 5.73 Å². The highest BCUT2D eigenvalue weighted by atomic mass is 35.5. The Morgan fingerprint density at radius 1 is 1.40 bits per heavy atom. The van der Waals surface area contributed by atoms with Crippen molar-refractivity contribution in [3.05, 3.63) is 38.9 Å². The van der Waals surface area contributed by atoms with Crippen molar-refractivity contribution < 1.29 is 9.72 Å². The number of nitrogens with two attached hydrogens (primary N) is 1. The molecule has 0 radical (unpaired) electrons. The number of amides is 1. The molecule has 1 aromatic rings. The van der Waals surface area contributed by atoms with Gasteiger partial charge in [0.15, 0.2) is 0 Å². The number of hydrogen-bond acceptors (Lipinski definition) is 4. The Kier molecular flexibility index (Phi) is 5.74. The molecular formula is C12H15Cl2N3O3. The van der Waals surface area contributed by atoms with E-state index in [0.717, 1.165) is 0 Å². The van der Waals surface area contributed by atoms with E-state index in [9.17, 15) is 14.9 Å². The highest BCUT2D eigenvalue weighted by Crippen LogP contribution is 2.25. The van der Waals surface area contributed by atoms with Crippen LogP contribution in [0.3, 0.4) is 0 Å². The van der Waals surface area contributed by atoms with Crippen LogP contribution in [-0.4, -0.2) is 34.9 Å². The van der Waals surface area contributed by atoms with Crippen LogP contribution < -0.4 is 5.73 Å². The van der Waals surface area contributed by atoms with Crippen molar-refractivity contribution >= 4 is 35.6 Å². The number of rotatable bonds is 2. The van der Waals surface area contributed by atoms with Crippen LogP contribution in [0, 0.1) is 10.1 Å². The molecule has 8 heteroatoms. The Balaban J connectivity index is 0.00000200. The minimum absolute atomic E-state index is 0. The van der Waals surface area contributed by atoms with E-state index < -0.39 is 4.92 Å². The SMILES string of the molecule is Cl.NC1CCN(C(=O)c2cc(Cl)ccc2[N+](=O)[O-])CC1. The van der Waals surface area contributed by atoms with Crippen molar-refractivity contribution in [1.82, 2.24) is 4.90 Å². The van der Waals surface area contributed by atoms with Crippen molar-refractivity contribution in [3.8, 4) is 0 Å². The molecule has 1 heterocycles. The molecule has 2 N–H and O–H groups in total. The Labute approximate surface area is 127 Å². The highest BCUT2D eigenvalue weighted by molar-refractivity contribution is 6.31. The molecule has 1 fully saturated rings. The first-order chi connectivity index (χ1) is 8.99. The van der Waals surface area contributed by atoms with Crippen LogP contribution >= 0.6 is 24.0 Å². The number of halogens is 2. The lowest BCUT2D eigenvalue weighted by molar-refractivity contribution is -0.385. The standard InChI is InChI=1S/C12H14ClN3O3.ClH/c13-8-1-2-11(16(18)19)10(7-8)12(17)15-5-3-9(14)4-6-15;/h1-2,7,9H,3-6,14H2;1H. The molecule has 1 aromatic carbocycles. The number of hydrogen-bond donors (Lipinski definition) is 1. The van der Waals surface area contributed by atoms with Gasteiger partial charge in [0.1, 0.15) is 5.56 Å². The molecule has 1 aliphatic heterocycles. The second-order valence-electron chi connectivity index (χ2n) is 4.55. The maximum absolute atomic E-state index is 12.3. The van der Waals surface area contributed by atoms with Crippen LogP contribution in [0.2, 0.25) is 5.02 Å². The molecule has 110 valence electrons. The molecular weight excluding hydrogens is 305 g/mol. The zero-order valence-corrected chi connectivity index (χ0v) is 12.2. The van der Waals surface area contributed by atoms with Crippen molar-refractivity contribution in [1.29, 1.82) is 0 Å². The van der Waals surface area contributed by atoms with Gasteiger partial charge >= 0.3 is 0 Å². The minimum atomic E-state index is -0.570. The van der Waals surface area contributed by atoms with Gasteiger partial charge in [-0.05, 0) is 25.0 Å². The molecule has 1 saturated heterocycles. The molecule has 0 spiro atoms. The second-order valence-corrected chi connectivity index (χ2v) is 4.98. The first-order valence-electron chi connectivity index (χ1n) is 5.98. The zero-order valence-electron chi connectivity index (χ0n) is 10.6. The van der Waals surface area contributed by atoms with E-state index in [-0.39, 0.29) is 35.6 Å². The second kappa shape index (κ2) is 6.88. The summed E-state index contributed by atoms with van der Waals surface area (Å²) in [6.45, 7) is 1.04. The van der Waals surface area contributed by atoms with E-state index in [1.807, 2.05) is 0 Å². The average molecular weight is 320 g/mol. The third-order valence-electron chi connectivity index (χ3n) is 3.21. The summed E-state index contributed by atoms with van der Waals surface area (Å²) in [7, 11) is 0. The highest BCUT2D eigenvalue weighted by Gasteiger charge is 2.27. The number of benzene rings is 1. The summed E-state index contributed by atoms with van der Waals surface area (Å²) >= 11 is 5.81. The fraction of sp³-hybridized carbons (Fsp3) is 0.417. The van der Waals surface area contributed by atoms with Crippen molar-refractivity contribution in [2.75, 3.05) is 13.1 Å². The third kappa shape index (κ3) is 3.59. The monoisotopic (exact) mass is 319 g/mol. The predicted molar refractivity (Wildman–Crippen MR) is 78.5 cm³/mol. The summed E-state index contributed by atoms with van der Waals surface area (Å²) in [5.74, 6) is -0.360. The summed E-state index contributed by atoms with van der Waals surface area (Å²) in [5, 5.41) is 11.3. The fourth-order valence-electron chi connectivity index (χ4n) is 2.11. The number of piperidine rings is 1. The van der Waals surface area contributed by atoms with Gasteiger partial charge in [-0.1, -0.05) is 11.6 Å². The van der Waals surface area contributed by atoms with Crippen LogP contribution in [-0.2, 0) is 0 Å². The van der Waals surface area contributed by atoms with Crippen molar-refractivity contribution in [2.45, 2.75) is 18.9 Å². The Morgan fingerprint density at radius 3 is 2.55 bits per heavy atom. The van der Waals surface area contributed by atoms with Gasteiger partial charge in [0.2, 0.25) is 0 Å². The summed E-state index contributed by atoms with van der Waals surface area (Å²) in [4.78, 5) is 24.3. The van der Waals surface area contributed by atoms with E-state index in [0.29, 0.717) is 31.0 Å². The lowest BCUT2D eigenvalue weighted by atomic mass is 10.0. The number of nitro groups is 1. The Hall–Kier alpha value is -1.37. The molecule has 2 rings (SSSR count). The smallest absolute Gasteiger partial charge is 0.282 e. The van der Waals surface area contributed by atoms with Gasteiger partial charge in [0.05, 0.1) is 4.92 Å². The molecule has 1 aliphatic rings. The van der Waals surface area contributed by atoms with E-state index in [2.05, 4.69) is 0 Å². The normalized spacial score (nSPS) is 15.6. The van der Waals surface area contributed by atoms with Gasteiger partial charge in [-0.25, -0.2) is 0 Å². The molecule has 0 saturated carbocycles. The summed E-state index contributed by atoms with van der Waals surface area (Å²) in [5.41, 5.74) is 5.59. The van der Waals surface area contributed by atoms with E-state index in [1.54, 1.807) is 4.90 Å². The number of likely N-dealkylation sites (tertiary alicyclic amines) is 1. The molecule has 0 aromatic heterocycles. The summed E-state index contributed by atoms with van der Waals surface area (Å²) < 4.78 is 0. The summed E-state index contributed by atoms with van der Waals surface area (Å²) in [6, 6.07) is 4.10. The van der Waals surface area contributed by atoms with Crippen molar-refractivity contribution in [3.63, 3.8) is 0 Å². The number of carbonyl (C=O) groups is 1. The molecule has 0 aliphatic carbocycles.